The summed E-state index contributed by atoms with van der Waals surface area (Å²) >= 11 is 1.96. The van der Waals surface area contributed by atoms with Crippen molar-refractivity contribution in [3.63, 3.8) is 0 Å². The predicted octanol–water partition coefficient (Wildman–Crippen LogP) is 3.14. The van der Waals surface area contributed by atoms with E-state index in [0.29, 0.717) is 17.3 Å². The number of carbonyl (C=O) groups is 1. The van der Waals surface area contributed by atoms with Gasteiger partial charge in [0.25, 0.3) is 0 Å². The molecule has 0 aromatic heterocycles. The molecule has 1 saturated carbocycles. The first-order valence-electron chi connectivity index (χ1n) is 6.91. The predicted molar refractivity (Wildman–Crippen MR) is 85.4 cm³/mol. The van der Waals surface area contributed by atoms with Crippen LogP contribution < -0.4 is 11.1 Å². The fourth-order valence-corrected chi connectivity index (χ4v) is 3.35. The van der Waals surface area contributed by atoms with Crippen molar-refractivity contribution in [1.82, 2.24) is 0 Å². The molecule has 5 heteroatoms. The zero-order valence-corrected chi connectivity index (χ0v) is 12.8. The standard InChI is InChI=1S/C15H22N2O2S/c1-19-15(18)10-3-8-14(13(16)9-10)17-11-4-6-12(20-2)7-5-11/h3,8-9,11-12,17H,4-7,16H2,1-2H3. The molecule has 0 aliphatic heterocycles. The second-order valence-electron chi connectivity index (χ2n) is 5.15. The largest absolute Gasteiger partial charge is 0.465 e. The van der Waals surface area contributed by atoms with Crippen LogP contribution in [0.25, 0.3) is 0 Å². The third-order valence-corrected chi connectivity index (χ3v) is 4.98. The molecular weight excluding hydrogens is 272 g/mol. The highest BCUT2D eigenvalue weighted by atomic mass is 32.2. The number of hydrogen-bond donors (Lipinski definition) is 2. The second kappa shape index (κ2) is 6.88. The number of anilines is 2. The van der Waals surface area contributed by atoms with Gasteiger partial charge in [-0.2, -0.15) is 11.8 Å². The van der Waals surface area contributed by atoms with Crippen molar-refractivity contribution in [1.29, 1.82) is 0 Å². The lowest BCUT2D eigenvalue weighted by Crippen LogP contribution is -2.27. The SMILES string of the molecule is COC(=O)c1ccc(NC2CCC(SC)CC2)c(N)c1. The topological polar surface area (TPSA) is 64.3 Å². The molecule has 1 aromatic carbocycles. The minimum absolute atomic E-state index is 0.358. The van der Waals surface area contributed by atoms with Crippen molar-refractivity contribution in [2.75, 3.05) is 24.4 Å². The van der Waals surface area contributed by atoms with Gasteiger partial charge in [0.05, 0.1) is 24.0 Å². The maximum Gasteiger partial charge on any atom is 0.337 e. The number of rotatable bonds is 4. The van der Waals surface area contributed by atoms with Crippen LogP contribution in [0.15, 0.2) is 18.2 Å². The van der Waals surface area contributed by atoms with Gasteiger partial charge in [0.1, 0.15) is 0 Å². The van der Waals surface area contributed by atoms with Crippen LogP contribution in [-0.4, -0.2) is 30.6 Å². The highest BCUT2D eigenvalue weighted by Gasteiger charge is 2.20. The molecule has 1 fully saturated rings. The number of ether oxygens (including phenoxy) is 1. The first-order valence-corrected chi connectivity index (χ1v) is 8.20. The molecule has 0 amide bonds. The second-order valence-corrected chi connectivity index (χ2v) is 6.29. The molecule has 2 rings (SSSR count). The van der Waals surface area contributed by atoms with Crippen molar-refractivity contribution in [2.45, 2.75) is 37.0 Å². The fraction of sp³-hybridized carbons (Fsp3) is 0.533. The van der Waals surface area contributed by atoms with Gasteiger partial charge in [0.15, 0.2) is 0 Å². The van der Waals surface area contributed by atoms with E-state index in [1.807, 2.05) is 17.8 Å². The Morgan fingerprint density at radius 1 is 1.35 bits per heavy atom. The van der Waals surface area contributed by atoms with Gasteiger partial charge in [0, 0.05) is 11.3 Å². The maximum atomic E-state index is 11.4. The number of nitrogens with one attached hydrogen (secondary N) is 1. The van der Waals surface area contributed by atoms with Gasteiger partial charge < -0.3 is 15.8 Å². The lowest BCUT2D eigenvalue weighted by atomic mass is 9.94. The Labute approximate surface area is 124 Å². The van der Waals surface area contributed by atoms with Gasteiger partial charge in [-0.1, -0.05) is 0 Å². The van der Waals surface area contributed by atoms with E-state index >= 15 is 0 Å². The van der Waals surface area contributed by atoms with Crippen LogP contribution in [0.4, 0.5) is 11.4 Å². The van der Waals surface area contributed by atoms with Crippen molar-refractivity contribution in [2.24, 2.45) is 0 Å². The van der Waals surface area contributed by atoms with Gasteiger partial charge >= 0.3 is 5.97 Å². The molecule has 0 radical (unpaired) electrons. The lowest BCUT2D eigenvalue weighted by Gasteiger charge is -2.29. The summed E-state index contributed by atoms with van der Waals surface area (Å²) in [5.41, 5.74) is 8.00. The van der Waals surface area contributed by atoms with Gasteiger partial charge in [-0.15, -0.1) is 0 Å². The summed E-state index contributed by atoms with van der Waals surface area (Å²) in [5.74, 6) is -0.358. The summed E-state index contributed by atoms with van der Waals surface area (Å²) in [7, 11) is 1.37. The number of methoxy groups -OCH3 is 1. The van der Waals surface area contributed by atoms with Crippen molar-refractivity contribution >= 4 is 29.1 Å². The summed E-state index contributed by atoms with van der Waals surface area (Å²) in [5, 5.41) is 4.29. The number of thioether (sulfide) groups is 1. The minimum atomic E-state index is -0.358. The van der Waals surface area contributed by atoms with E-state index < -0.39 is 0 Å². The summed E-state index contributed by atoms with van der Waals surface area (Å²) in [4.78, 5) is 11.4. The molecule has 0 heterocycles. The molecule has 0 bridgehead atoms. The Balaban J connectivity index is 1.98. The number of hydrogen-bond acceptors (Lipinski definition) is 5. The lowest BCUT2D eigenvalue weighted by molar-refractivity contribution is 0.0601. The minimum Gasteiger partial charge on any atom is -0.465 e. The zero-order chi connectivity index (χ0) is 14.5. The molecule has 110 valence electrons. The third kappa shape index (κ3) is 3.60. The smallest absolute Gasteiger partial charge is 0.337 e. The van der Waals surface area contributed by atoms with Crippen LogP contribution in [0.5, 0.6) is 0 Å². The summed E-state index contributed by atoms with van der Waals surface area (Å²) in [6.45, 7) is 0. The summed E-state index contributed by atoms with van der Waals surface area (Å²) < 4.78 is 4.69. The van der Waals surface area contributed by atoms with Crippen LogP contribution >= 0.6 is 11.8 Å². The van der Waals surface area contributed by atoms with Crippen LogP contribution in [0.3, 0.4) is 0 Å². The average Bonchev–Trinajstić information content (AvgIpc) is 2.49. The van der Waals surface area contributed by atoms with Gasteiger partial charge in [-0.05, 0) is 50.1 Å². The first-order chi connectivity index (χ1) is 9.63. The highest BCUT2D eigenvalue weighted by molar-refractivity contribution is 7.99. The number of nitrogens with two attached hydrogens (primary N) is 1. The molecule has 1 aliphatic rings. The van der Waals surface area contributed by atoms with E-state index in [9.17, 15) is 4.79 Å². The fourth-order valence-electron chi connectivity index (χ4n) is 2.60. The van der Waals surface area contributed by atoms with E-state index in [2.05, 4.69) is 16.3 Å². The van der Waals surface area contributed by atoms with Gasteiger partial charge in [0.2, 0.25) is 0 Å². The molecule has 20 heavy (non-hydrogen) atoms. The Morgan fingerprint density at radius 2 is 2.05 bits per heavy atom. The number of esters is 1. The van der Waals surface area contributed by atoms with E-state index in [0.717, 1.165) is 10.9 Å². The molecule has 1 aliphatic carbocycles. The zero-order valence-electron chi connectivity index (χ0n) is 12.0. The van der Waals surface area contributed by atoms with Crippen LogP contribution in [0, 0.1) is 0 Å². The molecule has 0 unspecified atom stereocenters. The van der Waals surface area contributed by atoms with Crippen molar-refractivity contribution < 1.29 is 9.53 Å². The number of carbonyl (C=O) groups excluding carboxylic acids is 1. The first kappa shape index (κ1) is 15.0. The van der Waals surface area contributed by atoms with E-state index in [1.54, 1.807) is 12.1 Å². The Kier molecular flexibility index (Phi) is 5.17. The van der Waals surface area contributed by atoms with E-state index in [4.69, 9.17) is 5.73 Å². The van der Waals surface area contributed by atoms with Crippen molar-refractivity contribution in [3.8, 4) is 0 Å². The van der Waals surface area contributed by atoms with Crippen LogP contribution in [0.1, 0.15) is 36.0 Å². The maximum absolute atomic E-state index is 11.4. The van der Waals surface area contributed by atoms with Crippen LogP contribution in [0.2, 0.25) is 0 Å². The van der Waals surface area contributed by atoms with E-state index in [1.165, 1.54) is 32.8 Å². The third-order valence-electron chi connectivity index (χ3n) is 3.84. The molecule has 1 aromatic rings. The highest BCUT2D eigenvalue weighted by Crippen LogP contribution is 2.30. The normalized spacial score (nSPS) is 22.3. The molecule has 0 saturated heterocycles. The quantitative estimate of drug-likeness (QED) is 0.660. The Morgan fingerprint density at radius 3 is 2.60 bits per heavy atom. The van der Waals surface area contributed by atoms with E-state index in [-0.39, 0.29) is 5.97 Å². The molecule has 0 spiro atoms. The molecule has 0 atom stereocenters. The monoisotopic (exact) mass is 294 g/mol. The van der Waals surface area contributed by atoms with Gasteiger partial charge in [-0.25, -0.2) is 4.79 Å². The van der Waals surface area contributed by atoms with Crippen LogP contribution in [-0.2, 0) is 4.74 Å². The Hall–Kier alpha value is -1.36. The van der Waals surface area contributed by atoms with Crippen molar-refractivity contribution in [3.05, 3.63) is 23.8 Å². The molecular formula is C15H22N2O2S. The number of benzene rings is 1. The summed E-state index contributed by atoms with van der Waals surface area (Å²) in [6, 6.07) is 5.76. The molecule has 3 N–H and O–H groups in total. The van der Waals surface area contributed by atoms with Gasteiger partial charge in [-0.3, -0.25) is 0 Å². The average molecular weight is 294 g/mol. The summed E-state index contributed by atoms with van der Waals surface area (Å²) in [6.07, 6.45) is 7.02. The molecule has 4 nitrogen and oxygen atoms in total. The number of nitrogen functional groups attached to an aromatic ring is 1. The Bertz CT molecular complexity index is 471.